The molecule has 1 aromatic carbocycles. The van der Waals surface area contributed by atoms with Crippen LogP contribution in [0.3, 0.4) is 0 Å². The molecule has 2 atom stereocenters. The summed E-state index contributed by atoms with van der Waals surface area (Å²) in [5.74, 6) is 0.409. The predicted octanol–water partition coefficient (Wildman–Crippen LogP) is 4.55. The van der Waals surface area contributed by atoms with Crippen molar-refractivity contribution in [2.24, 2.45) is 10.9 Å². The van der Waals surface area contributed by atoms with Gasteiger partial charge in [-0.3, -0.25) is 4.99 Å². The number of anilines is 1. The van der Waals surface area contributed by atoms with E-state index in [2.05, 4.69) is 90.8 Å². The van der Waals surface area contributed by atoms with Crippen molar-refractivity contribution >= 4 is 17.5 Å². The van der Waals surface area contributed by atoms with Crippen LogP contribution in [0.25, 0.3) is 6.08 Å². The number of hydrogen-bond acceptors (Lipinski definition) is 2. The molecule has 4 rings (SSSR count). The van der Waals surface area contributed by atoms with Gasteiger partial charge in [-0.25, -0.2) is 0 Å². The summed E-state index contributed by atoms with van der Waals surface area (Å²) < 4.78 is 0. The van der Waals surface area contributed by atoms with Gasteiger partial charge in [0, 0.05) is 23.8 Å². The molecular weight excluding hydrogens is 280 g/mol. The van der Waals surface area contributed by atoms with Crippen LogP contribution in [-0.2, 0) is 0 Å². The lowest BCUT2D eigenvalue weighted by molar-refractivity contribution is 0.680. The van der Waals surface area contributed by atoms with Crippen molar-refractivity contribution in [2.75, 3.05) is 11.4 Å². The van der Waals surface area contributed by atoms with Gasteiger partial charge in [-0.1, -0.05) is 54.7 Å². The number of rotatable bonds is 2. The number of aliphatic imine (C=N–C) groups is 1. The number of likely N-dealkylation sites (N-methyl/N-ethyl adjacent to an activating group) is 1. The van der Waals surface area contributed by atoms with E-state index in [1.54, 1.807) is 0 Å². The standard InChI is InChI=1S/C21H20N2/c1-2-23-19(14-12-17-8-4-6-10-21(17)23)15-18-13-11-16-7-3-5-9-20(16)22-18/h3-16,20H,2H2,1H3/b19-15+. The molecule has 0 N–H and O–H groups in total. The Morgan fingerprint density at radius 2 is 1.91 bits per heavy atom. The summed E-state index contributed by atoms with van der Waals surface area (Å²) in [5, 5.41) is 0. The first-order valence-corrected chi connectivity index (χ1v) is 8.22. The summed E-state index contributed by atoms with van der Waals surface area (Å²) in [5.41, 5.74) is 4.78. The summed E-state index contributed by atoms with van der Waals surface area (Å²) in [7, 11) is 0. The molecule has 0 saturated heterocycles. The van der Waals surface area contributed by atoms with Crippen molar-refractivity contribution < 1.29 is 0 Å². The number of dihydropyridines is 1. The zero-order chi connectivity index (χ0) is 15.6. The first kappa shape index (κ1) is 14.0. The van der Waals surface area contributed by atoms with Gasteiger partial charge in [-0.15, -0.1) is 0 Å². The highest BCUT2D eigenvalue weighted by atomic mass is 15.1. The van der Waals surface area contributed by atoms with E-state index in [1.807, 2.05) is 0 Å². The molecule has 2 aliphatic heterocycles. The largest absolute Gasteiger partial charge is 0.341 e. The molecule has 3 aliphatic rings. The van der Waals surface area contributed by atoms with Crippen LogP contribution in [0.4, 0.5) is 5.69 Å². The average molecular weight is 300 g/mol. The van der Waals surface area contributed by atoms with Gasteiger partial charge in [0.25, 0.3) is 0 Å². The normalized spacial score (nSPS) is 26.2. The van der Waals surface area contributed by atoms with Crippen LogP contribution in [0.1, 0.15) is 12.5 Å². The Balaban J connectivity index is 1.67. The number of para-hydroxylation sites is 1. The van der Waals surface area contributed by atoms with Gasteiger partial charge in [-0.05, 0) is 36.8 Å². The van der Waals surface area contributed by atoms with Crippen LogP contribution >= 0.6 is 0 Å². The second-order valence-electron chi connectivity index (χ2n) is 5.96. The molecule has 2 heteroatoms. The minimum absolute atomic E-state index is 0.242. The minimum Gasteiger partial charge on any atom is -0.341 e. The van der Waals surface area contributed by atoms with E-state index in [0.29, 0.717) is 5.92 Å². The molecule has 0 spiro atoms. The Kier molecular flexibility index (Phi) is 3.58. The number of fused-ring (bicyclic) bond motifs is 2. The van der Waals surface area contributed by atoms with Gasteiger partial charge >= 0.3 is 0 Å². The van der Waals surface area contributed by atoms with Crippen LogP contribution in [-0.4, -0.2) is 18.3 Å². The van der Waals surface area contributed by atoms with Gasteiger partial charge in [0.2, 0.25) is 0 Å². The number of benzene rings is 1. The third-order valence-electron chi connectivity index (χ3n) is 4.52. The van der Waals surface area contributed by atoms with Gasteiger partial charge in [0.1, 0.15) is 0 Å². The van der Waals surface area contributed by atoms with Crippen molar-refractivity contribution in [1.29, 1.82) is 0 Å². The van der Waals surface area contributed by atoms with E-state index in [9.17, 15) is 0 Å². The van der Waals surface area contributed by atoms with Crippen LogP contribution in [0, 0.1) is 5.92 Å². The quantitative estimate of drug-likeness (QED) is 0.782. The fourth-order valence-corrected chi connectivity index (χ4v) is 3.34. The lowest BCUT2D eigenvalue weighted by Gasteiger charge is -2.30. The molecule has 0 saturated carbocycles. The molecule has 2 heterocycles. The summed E-state index contributed by atoms with van der Waals surface area (Å²) >= 11 is 0. The summed E-state index contributed by atoms with van der Waals surface area (Å²) in [6, 6.07) is 8.77. The van der Waals surface area contributed by atoms with Crippen LogP contribution < -0.4 is 4.90 Å². The fraction of sp³-hybridized carbons (Fsp3) is 0.190. The predicted molar refractivity (Wildman–Crippen MR) is 98.7 cm³/mol. The second kappa shape index (κ2) is 5.88. The highest BCUT2D eigenvalue weighted by Gasteiger charge is 2.20. The first-order valence-electron chi connectivity index (χ1n) is 8.22. The molecule has 2 unspecified atom stereocenters. The Hall–Kier alpha value is -2.61. The molecule has 1 aromatic rings. The maximum Gasteiger partial charge on any atom is 0.0787 e. The molecule has 0 bridgehead atoms. The van der Waals surface area contributed by atoms with Crippen molar-refractivity contribution in [2.45, 2.75) is 13.0 Å². The van der Waals surface area contributed by atoms with Gasteiger partial charge in [0.05, 0.1) is 11.8 Å². The number of nitrogens with zero attached hydrogens (tertiary/aromatic N) is 2. The van der Waals surface area contributed by atoms with Crippen LogP contribution in [0.2, 0.25) is 0 Å². The Morgan fingerprint density at radius 1 is 1.04 bits per heavy atom. The SMILES string of the molecule is CCN1/C(=C/C2=NC3C=CC=CC3C=C2)C=Cc2ccccc21. The summed E-state index contributed by atoms with van der Waals surface area (Å²) in [6.45, 7) is 3.13. The first-order chi connectivity index (χ1) is 11.3. The Morgan fingerprint density at radius 3 is 2.83 bits per heavy atom. The number of hydrogen-bond donors (Lipinski definition) is 0. The van der Waals surface area contributed by atoms with Crippen molar-refractivity contribution in [3.63, 3.8) is 0 Å². The second-order valence-corrected chi connectivity index (χ2v) is 5.96. The van der Waals surface area contributed by atoms with Crippen molar-refractivity contribution in [3.8, 4) is 0 Å². The average Bonchev–Trinajstić information content (AvgIpc) is 2.61. The lowest BCUT2D eigenvalue weighted by Crippen LogP contribution is -2.25. The molecule has 23 heavy (non-hydrogen) atoms. The third kappa shape index (κ3) is 2.61. The van der Waals surface area contributed by atoms with E-state index in [0.717, 1.165) is 12.3 Å². The molecule has 0 amide bonds. The third-order valence-corrected chi connectivity index (χ3v) is 4.52. The maximum absolute atomic E-state index is 4.88. The van der Waals surface area contributed by atoms with E-state index in [1.165, 1.54) is 16.9 Å². The van der Waals surface area contributed by atoms with Crippen molar-refractivity contribution in [3.05, 3.63) is 84.1 Å². The summed E-state index contributed by atoms with van der Waals surface area (Å²) in [4.78, 5) is 7.22. The van der Waals surface area contributed by atoms with Gasteiger partial charge in [0.15, 0.2) is 0 Å². The lowest BCUT2D eigenvalue weighted by atomic mass is 9.92. The number of allylic oxidation sites excluding steroid dienone is 5. The fourth-order valence-electron chi connectivity index (χ4n) is 3.34. The zero-order valence-electron chi connectivity index (χ0n) is 13.3. The molecule has 1 aliphatic carbocycles. The van der Waals surface area contributed by atoms with E-state index in [4.69, 9.17) is 4.99 Å². The monoisotopic (exact) mass is 300 g/mol. The molecule has 0 radical (unpaired) electrons. The smallest absolute Gasteiger partial charge is 0.0787 e. The minimum atomic E-state index is 0.242. The van der Waals surface area contributed by atoms with E-state index >= 15 is 0 Å². The topological polar surface area (TPSA) is 15.6 Å². The molecular formula is C21H20N2. The molecule has 0 aromatic heterocycles. The Labute approximate surface area is 137 Å². The van der Waals surface area contributed by atoms with E-state index in [-0.39, 0.29) is 6.04 Å². The van der Waals surface area contributed by atoms with Crippen LogP contribution in [0.15, 0.2) is 83.6 Å². The van der Waals surface area contributed by atoms with E-state index < -0.39 is 0 Å². The summed E-state index contributed by atoms with van der Waals surface area (Å²) in [6.07, 6.45) is 19.5. The highest BCUT2D eigenvalue weighted by molar-refractivity contribution is 6.06. The Bertz CT molecular complexity index is 790. The molecule has 2 nitrogen and oxygen atoms in total. The highest BCUT2D eigenvalue weighted by Crippen LogP contribution is 2.31. The molecule has 0 fully saturated rings. The van der Waals surface area contributed by atoms with Gasteiger partial charge < -0.3 is 4.90 Å². The zero-order valence-corrected chi connectivity index (χ0v) is 13.3. The molecule has 114 valence electrons. The van der Waals surface area contributed by atoms with Crippen molar-refractivity contribution in [1.82, 2.24) is 0 Å². The van der Waals surface area contributed by atoms with Gasteiger partial charge in [-0.2, -0.15) is 0 Å². The van der Waals surface area contributed by atoms with Crippen LogP contribution in [0.5, 0.6) is 0 Å². The maximum atomic E-state index is 4.88.